The predicted octanol–water partition coefficient (Wildman–Crippen LogP) is 2.02. The number of benzene rings is 2. The number of anilines is 2. The van der Waals surface area contributed by atoms with E-state index >= 15 is 0 Å². The van der Waals surface area contributed by atoms with Crippen molar-refractivity contribution >= 4 is 46.5 Å². The molecule has 190 valence electrons. The van der Waals surface area contributed by atoms with E-state index in [0.717, 1.165) is 18.8 Å². The van der Waals surface area contributed by atoms with Crippen molar-refractivity contribution in [3.05, 3.63) is 59.1 Å². The van der Waals surface area contributed by atoms with Gasteiger partial charge in [-0.25, -0.2) is 0 Å². The second-order valence-corrected chi connectivity index (χ2v) is 9.46. The summed E-state index contributed by atoms with van der Waals surface area (Å²) in [5, 5.41) is 6.20. The van der Waals surface area contributed by atoms with Crippen LogP contribution in [0.15, 0.2) is 48.5 Å². The van der Waals surface area contributed by atoms with Gasteiger partial charge in [-0.05, 0) is 49.4 Å². The van der Waals surface area contributed by atoms with Crippen LogP contribution in [0, 0.1) is 0 Å². The highest BCUT2D eigenvalue weighted by molar-refractivity contribution is 6.30. The summed E-state index contributed by atoms with van der Waals surface area (Å²) in [7, 11) is 0. The number of halogens is 1. The molecule has 9 nitrogen and oxygen atoms in total. The van der Waals surface area contributed by atoms with Crippen molar-refractivity contribution in [1.29, 1.82) is 0 Å². The molecule has 36 heavy (non-hydrogen) atoms. The number of carbonyl (C=O) groups is 4. The van der Waals surface area contributed by atoms with Crippen LogP contribution in [0.3, 0.4) is 0 Å². The van der Waals surface area contributed by atoms with Crippen LogP contribution in [-0.2, 0) is 14.4 Å². The van der Waals surface area contributed by atoms with Gasteiger partial charge in [0.05, 0.1) is 13.0 Å². The number of rotatable bonds is 7. The van der Waals surface area contributed by atoms with Gasteiger partial charge >= 0.3 is 0 Å². The molecule has 0 spiro atoms. The molecule has 2 aliphatic heterocycles. The molecule has 3 amide bonds. The molecule has 2 N–H and O–H groups in total. The Hall–Kier alpha value is -3.43. The summed E-state index contributed by atoms with van der Waals surface area (Å²) in [6.45, 7) is 5.33. The van der Waals surface area contributed by atoms with Crippen molar-refractivity contribution < 1.29 is 19.2 Å². The Labute approximate surface area is 215 Å². The summed E-state index contributed by atoms with van der Waals surface area (Å²) in [5.74, 6) is -0.931. The largest absolute Gasteiger partial charge is 0.369 e. The second-order valence-electron chi connectivity index (χ2n) is 9.02. The van der Waals surface area contributed by atoms with Crippen molar-refractivity contribution in [2.24, 2.45) is 0 Å². The number of nitrogens with zero attached hydrogens (tertiary/aromatic N) is 3. The van der Waals surface area contributed by atoms with E-state index in [9.17, 15) is 19.2 Å². The van der Waals surface area contributed by atoms with Crippen LogP contribution in [-0.4, -0.2) is 85.2 Å². The minimum atomic E-state index is -0.865. The Balaban J connectivity index is 1.32. The normalized spacial score (nSPS) is 18.5. The highest BCUT2D eigenvalue weighted by atomic mass is 35.5. The van der Waals surface area contributed by atoms with Gasteiger partial charge < -0.3 is 20.4 Å². The van der Waals surface area contributed by atoms with Crippen LogP contribution in [0.2, 0.25) is 5.02 Å². The van der Waals surface area contributed by atoms with Gasteiger partial charge in [0.15, 0.2) is 5.78 Å². The fourth-order valence-electron chi connectivity index (χ4n) is 4.51. The molecule has 2 aliphatic rings. The minimum Gasteiger partial charge on any atom is -0.369 e. The number of nitrogens with one attached hydrogen (secondary N) is 2. The first kappa shape index (κ1) is 25.7. The Morgan fingerprint density at radius 2 is 1.75 bits per heavy atom. The molecule has 0 aromatic heterocycles. The van der Waals surface area contributed by atoms with Crippen molar-refractivity contribution in [2.45, 2.75) is 19.4 Å². The Morgan fingerprint density at radius 3 is 2.42 bits per heavy atom. The zero-order chi connectivity index (χ0) is 25.7. The fourth-order valence-corrected chi connectivity index (χ4v) is 4.70. The lowest BCUT2D eigenvalue weighted by Crippen LogP contribution is -2.60. The van der Waals surface area contributed by atoms with E-state index in [4.69, 9.17) is 11.6 Å². The van der Waals surface area contributed by atoms with Gasteiger partial charge in [-0.2, -0.15) is 0 Å². The number of ketones is 1. The third-order valence-corrected chi connectivity index (χ3v) is 6.74. The molecule has 2 fully saturated rings. The van der Waals surface area contributed by atoms with E-state index in [1.165, 1.54) is 11.8 Å². The summed E-state index contributed by atoms with van der Waals surface area (Å²) >= 11 is 6.11. The molecule has 0 bridgehead atoms. The van der Waals surface area contributed by atoms with Crippen molar-refractivity contribution in [2.75, 3.05) is 56.0 Å². The van der Waals surface area contributed by atoms with Crippen LogP contribution < -0.4 is 15.5 Å². The van der Waals surface area contributed by atoms with Gasteiger partial charge in [-0.1, -0.05) is 17.7 Å². The van der Waals surface area contributed by atoms with Crippen LogP contribution in [0.25, 0.3) is 0 Å². The average Bonchev–Trinajstić information content (AvgIpc) is 2.86. The summed E-state index contributed by atoms with van der Waals surface area (Å²) in [6, 6.07) is 13.4. The van der Waals surface area contributed by atoms with Crippen molar-refractivity contribution in [3.63, 3.8) is 0 Å². The molecule has 2 saturated heterocycles. The minimum absolute atomic E-state index is 0.0632. The number of carbonyl (C=O) groups excluding carboxylic acids is 4. The smallest absolute Gasteiger partial charge is 0.243 e. The summed E-state index contributed by atoms with van der Waals surface area (Å²) in [4.78, 5) is 55.7. The maximum Gasteiger partial charge on any atom is 0.243 e. The van der Waals surface area contributed by atoms with Gasteiger partial charge in [0.25, 0.3) is 0 Å². The highest BCUT2D eigenvalue weighted by Crippen LogP contribution is 2.21. The Bertz CT molecular complexity index is 1130. The molecule has 2 aromatic carbocycles. The number of hydrogen-bond acceptors (Lipinski definition) is 6. The van der Waals surface area contributed by atoms with Crippen molar-refractivity contribution in [1.82, 2.24) is 15.1 Å². The van der Waals surface area contributed by atoms with Crippen LogP contribution >= 0.6 is 11.6 Å². The molecule has 1 unspecified atom stereocenters. The summed E-state index contributed by atoms with van der Waals surface area (Å²) in [5.41, 5.74) is 2.13. The first-order valence-corrected chi connectivity index (χ1v) is 12.4. The number of piperazine rings is 2. The summed E-state index contributed by atoms with van der Waals surface area (Å²) in [6.07, 6.45) is -0.144. The van der Waals surface area contributed by atoms with E-state index in [-0.39, 0.29) is 36.5 Å². The maximum atomic E-state index is 13.2. The molecule has 0 aliphatic carbocycles. The number of amides is 3. The Kier molecular flexibility index (Phi) is 8.22. The molecular weight excluding hydrogens is 482 g/mol. The van der Waals surface area contributed by atoms with Gasteiger partial charge in [-0.15, -0.1) is 0 Å². The first-order chi connectivity index (χ1) is 17.3. The lowest BCUT2D eigenvalue weighted by Gasteiger charge is -2.39. The molecular formula is C26H30ClN5O4. The van der Waals surface area contributed by atoms with E-state index < -0.39 is 6.04 Å². The molecule has 10 heteroatoms. The Morgan fingerprint density at radius 1 is 1.03 bits per heavy atom. The molecule has 2 aromatic rings. The number of hydrogen-bond donors (Lipinski definition) is 2. The monoisotopic (exact) mass is 511 g/mol. The second kappa shape index (κ2) is 11.5. The van der Waals surface area contributed by atoms with E-state index in [2.05, 4.69) is 20.4 Å². The van der Waals surface area contributed by atoms with E-state index in [0.29, 0.717) is 42.5 Å². The van der Waals surface area contributed by atoms with E-state index in [1.807, 2.05) is 24.3 Å². The molecule has 1 atom stereocenters. The van der Waals surface area contributed by atoms with Gasteiger partial charge in [0.2, 0.25) is 17.7 Å². The summed E-state index contributed by atoms with van der Waals surface area (Å²) < 4.78 is 0. The average molecular weight is 512 g/mol. The lowest BCUT2D eigenvalue weighted by molar-refractivity contribution is -0.145. The molecule has 4 rings (SSSR count). The van der Waals surface area contributed by atoms with Gasteiger partial charge in [0.1, 0.15) is 6.04 Å². The lowest BCUT2D eigenvalue weighted by atomic mass is 10.1. The molecule has 0 saturated carbocycles. The van der Waals surface area contributed by atoms with Gasteiger partial charge in [0, 0.05) is 61.2 Å². The SMILES string of the molecule is CC(=O)c1ccc(NC(=O)CC2C(=O)NCCN2C(=O)CN2CCN(c3cccc(Cl)c3)CC2)cc1. The van der Waals surface area contributed by atoms with Crippen LogP contribution in [0.1, 0.15) is 23.7 Å². The third kappa shape index (κ3) is 6.41. The highest BCUT2D eigenvalue weighted by Gasteiger charge is 2.35. The zero-order valence-corrected chi connectivity index (χ0v) is 21.0. The number of Topliss-reactive ketones (excluding diaryl/α,β-unsaturated/α-hetero) is 1. The third-order valence-electron chi connectivity index (χ3n) is 6.51. The van der Waals surface area contributed by atoms with Crippen LogP contribution in [0.4, 0.5) is 11.4 Å². The molecule has 2 heterocycles. The van der Waals surface area contributed by atoms with E-state index in [1.54, 1.807) is 24.3 Å². The first-order valence-electron chi connectivity index (χ1n) is 12.0. The molecule has 0 radical (unpaired) electrons. The maximum absolute atomic E-state index is 13.2. The zero-order valence-electron chi connectivity index (χ0n) is 20.2. The standard InChI is InChI=1S/C26H30ClN5O4/c1-18(33)19-5-7-21(8-6-19)29-24(34)16-23-26(36)28-9-10-32(23)25(35)17-30-11-13-31(14-12-30)22-4-2-3-20(27)15-22/h2-8,15,23H,9-14,16-17H2,1H3,(H,28,36)(H,29,34). The topological polar surface area (TPSA) is 102 Å². The fraction of sp³-hybridized carbons (Fsp3) is 0.385. The van der Waals surface area contributed by atoms with Crippen LogP contribution in [0.5, 0.6) is 0 Å². The quantitative estimate of drug-likeness (QED) is 0.551. The predicted molar refractivity (Wildman–Crippen MR) is 138 cm³/mol. The van der Waals surface area contributed by atoms with Gasteiger partial charge in [-0.3, -0.25) is 24.1 Å². The van der Waals surface area contributed by atoms with Crippen molar-refractivity contribution in [3.8, 4) is 0 Å².